The number of carbonyl (C=O) groups is 1. The van der Waals surface area contributed by atoms with Gasteiger partial charge >= 0.3 is 0 Å². The number of aromatic nitrogens is 3. The van der Waals surface area contributed by atoms with Crippen LogP contribution in [-0.4, -0.2) is 40.6 Å². The van der Waals surface area contributed by atoms with Crippen LogP contribution >= 0.6 is 0 Å². The molecule has 2 aromatic rings. The second kappa shape index (κ2) is 7.42. The number of anilines is 1. The Kier molecular flexibility index (Phi) is 4.99. The SMILES string of the molecule is O=C(C[C@@H]1CCS(=O)(=O)C1)Nc1cccc(-c2nnc3n2CCCCC3)c1. The van der Waals surface area contributed by atoms with Gasteiger partial charge in [0.2, 0.25) is 5.91 Å². The highest BCUT2D eigenvalue weighted by Gasteiger charge is 2.29. The Morgan fingerprint density at radius 3 is 2.93 bits per heavy atom. The minimum atomic E-state index is -2.96. The standard InChI is InChI=1S/C19H24N4O3S/c24-18(11-14-8-10-27(25,26)13-14)20-16-6-4-5-15(12-16)19-22-21-17-7-2-1-3-9-23(17)19/h4-6,12,14H,1-3,7-11,13H2,(H,20,24)/t14-/m0/s1. The second-order valence-electron chi connectivity index (χ2n) is 7.50. The predicted octanol–water partition coefficient (Wildman–Crippen LogP) is 2.43. The van der Waals surface area contributed by atoms with Crippen LogP contribution in [0.5, 0.6) is 0 Å². The first-order valence-electron chi connectivity index (χ1n) is 9.53. The summed E-state index contributed by atoms with van der Waals surface area (Å²) in [5.41, 5.74) is 1.63. The predicted molar refractivity (Wildman–Crippen MR) is 103 cm³/mol. The first-order chi connectivity index (χ1) is 13.0. The molecule has 1 aromatic carbocycles. The fourth-order valence-corrected chi connectivity index (χ4v) is 5.80. The number of fused-ring (bicyclic) bond motifs is 1. The molecule has 1 aromatic heterocycles. The van der Waals surface area contributed by atoms with Crippen molar-refractivity contribution >= 4 is 21.4 Å². The Balaban J connectivity index is 1.47. The highest BCUT2D eigenvalue weighted by molar-refractivity contribution is 7.91. The maximum atomic E-state index is 12.3. The molecule has 1 N–H and O–H groups in total. The molecule has 0 aliphatic carbocycles. The molecule has 0 radical (unpaired) electrons. The lowest BCUT2D eigenvalue weighted by molar-refractivity contribution is -0.116. The van der Waals surface area contributed by atoms with Gasteiger partial charge in [0.1, 0.15) is 5.82 Å². The van der Waals surface area contributed by atoms with Gasteiger partial charge in [-0.2, -0.15) is 0 Å². The summed E-state index contributed by atoms with van der Waals surface area (Å²) in [7, 11) is -2.96. The van der Waals surface area contributed by atoms with Gasteiger partial charge in [0, 0.05) is 30.6 Å². The molecule has 0 bridgehead atoms. The van der Waals surface area contributed by atoms with Crippen molar-refractivity contribution < 1.29 is 13.2 Å². The number of aryl methyl sites for hydroxylation is 1. The van der Waals surface area contributed by atoms with E-state index in [0.717, 1.165) is 43.0 Å². The zero-order chi connectivity index (χ0) is 18.9. The van der Waals surface area contributed by atoms with Gasteiger partial charge in [-0.3, -0.25) is 4.79 Å². The molecular weight excluding hydrogens is 364 g/mol. The Labute approximate surface area is 159 Å². The summed E-state index contributed by atoms with van der Waals surface area (Å²) < 4.78 is 25.3. The maximum Gasteiger partial charge on any atom is 0.224 e. The van der Waals surface area contributed by atoms with Crippen LogP contribution in [0.4, 0.5) is 5.69 Å². The van der Waals surface area contributed by atoms with Crippen molar-refractivity contribution in [2.75, 3.05) is 16.8 Å². The van der Waals surface area contributed by atoms with Crippen LogP contribution < -0.4 is 5.32 Å². The molecule has 8 heteroatoms. The van der Waals surface area contributed by atoms with E-state index in [1.807, 2.05) is 24.3 Å². The number of sulfone groups is 1. The lowest BCUT2D eigenvalue weighted by Gasteiger charge is -2.11. The van der Waals surface area contributed by atoms with E-state index in [2.05, 4.69) is 20.1 Å². The number of nitrogens with one attached hydrogen (secondary N) is 1. The van der Waals surface area contributed by atoms with Gasteiger partial charge in [0.15, 0.2) is 15.7 Å². The van der Waals surface area contributed by atoms with E-state index in [4.69, 9.17) is 0 Å². The minimum Gasteiger partial charge on any atom is -0.326 e. The highest BCUT2D eigenvalue weighted by Crippen LogP contribution is 2.26. The van der Waals surface area contributed by atoms with Crippen molar-refractivity contribution in [1.82, 2.24) is 14.8 Å². The number of amides is 1. The molecule has 144 valence electrons. The summed E-state index contributed by atoms with van der Waals surface area (Å²) >= 11 is 0. The van der Waals surface area contributed by atoms with Gasteiger partial charge in [0.25, 0.3) is 0 Å². The van der Waals surface area contributed by atoms with Crippen LogP contribution in [0.25, 0.3) is 11.4 Å². The molecule has 0 spiro atoms. The van der Waals surface area contributed by atoms with Gasteiger partial charge in [-0.05, 0) is 37.3 Å². The van der Waals surface area contributed by atoms with Gasteiger partial charge in [-0.25, -0.2) is 8.42 Å². The molecule has 7 nitrogen and oxygen atoms in total. The molecule has 3 heterocycles. The molecule has 1 atom stereocenters. The third-order valence-electron chi connectivity index (χ3n) is 5.31. The zero-order valence-electron chi connectivity index (χ0n) is 15.2. The molecule has 1 fully saturated rings. The molecule has 1 amide bonds. The topological polar surface area (TPSA) is 93.9 Å². The second-order valence-corrected chi connectivity index (χ2v) is 9.73. The first-order valence-corrected chi connectivity index (χ1v) is 11.4. The van der Waals surface area contributed by atoms with E-state index in [-0.39, 0.29) is 29.8 Å². The molecule has 0 saturated carbocycles. The largest absolute Gasteiger partial charge is 0.326 e. The minimum absolute atomic E-state index is 0.0783. The average molecular weight is 388 g/mol. The number of hydrogen-bond donors (Lipinski definition) is 1. The van der Waals surface area contributed by atoms with Gasteiger partial charge in [-0.1, -0.05) is 18.6 Å². The molecule has 4 rings (SSSR count). The van der Waals surface area contributed by atoms with Crippen molar-refractivity contribution in [3.05, 3.63) is 30.1 Å². The average Bonchev–Trinajstić information content (AvgIpc) is 3.09. The summed E-state index contributed by atoms with van der Waals surface area (Å²) in [5.74, 6) is 1.95. The molecule has 27 heavy (non-hydrogen) atoms. The van der Waals surface area contributed by atoms with E-state index < -0.39 is 9.84 Å². The molecule has 0 unspecified atom stereocenters. The van der Waals surface area contributed by atoms with Crippen molar-refractivity contribution in [1.29, 1.82) is 0 Å². The smallest absolute Gasteiger partial charge is 0.224 e. The number of rotatable bonds is 4. The van der Waals surface area contributed by atoms with Gasteiger partial charge in [-0.15, -0.1) is 10.2 Å². The normalized spacial score (nSPS) is 21.4. The van der Waals surface area contributed by atoms with E-state index in [9.17, 15) is 13.2 Å². The zero-order valence-corrected chi connectivity index (χ0v) is 16.0. The number of hydrogen-bond acceptors (Lipinski definition) is 5. The van der Waals surface area contributed by atoms with Crippen LogP contribution in [0.2, 0.25) is 0 Å². The summed E-state index contributed by atoms with van der Waals surface area (Å²) in [5, 5.41) is 11.6. The van der Waals surface area contributed by atoms with Crippen LogP contribution in [0, 0.1) is 5.92 Å². The Morgan fingerprint density at radius 1 is 1.22 bits per heavy atom. The molecule has 2 aliphatic rings. The Hall–Kier alpha value is -2.22. The highest BCUT2D eigenvalue weighted by atomic mass is 32.2. The maximum absolute atomic E-state index is 12.3. The van der Waals surface area contributed by atoms with Crippen molar-refractivity contribution in [3.63, 3.8) is 0 Å². The van der Waals surface area contributed by atoms with Crippen LogP contribution in [0.1, 0.15) is 37.9 Å². The molecule has 1 saturated heterocycles. The van der Waals surface area contributed by atoms with Crippen molar-refractivity contribution in [3.8, 4) is 11.4 Å². The van der Waals surface area contributed by atoms with E-state index >= 15 is 0 Å². The van der Waals surface area contributed by atoms with Crippen LogP contribution in [-0.2, 0) is 27.6 Å². The third-order valence-corrected chi connectivity index (χ3v) is 7.15. The fraction of sp³-hybridized carbons (Fsp3) is 0.526. The Bertz CT molecular complexity index is 952. The van der Waals surface area contributed by atoms with Crippen molar-refractivity contribution in [2.24, 2.45) is 5.92 Å². The number of carbonyl (C=O) groups excluding carboxylic acids is 1. The first kappa shape index (κ1) is 18.2. The summed E-state index contributed by atoms with van der Waals surface area (Å²) in [4.78, 5) is 12.3. The number of nitrogens with zero attached hydrogens (tertiary/aromatic N) is 3. The van der Waals surface area contributed by atoms with Gasteiger partial charge < -0.3 is 9.88 Å². The molecule has 2 aliphatic heterocycles. The fourth-order valence-electron chi connectivity index (χ4n) is 3.94. The van der Waals surface area contributed by atoms with Gasteiger partial charge in [0.05, 0.1) is 11.5 Å². The monoisotopic (exact) mass is 388 g/mol. The van der Waals surface area contributed by atoms with E-state index in [1.54, 1.807) is 0 Å². The quantitative estimate of drug-likeness (QED) is 0.868. The number of benzene rings is 1. The van der Waals surface area contributed by atoms with Crippen LogP contribution in [0.3, 0.4) is 0 Å². The summed E-state index contributed by atoms with van der Waals surface area (Å²) in [6.45, 7) is 0.921. The summed E-state index contributed by atoms with van der Waals surface area (Å²) in [6, 6.07) is 7.61. The lowest BCUT2D eigenvalue weighted by atomic mass is 10.0. The third kappa shape index (κ3) is 4.21. The van der Waals surface area contributed by atoms with Crippen LogP contribution in [0.15, 0.2) is 24.3 Å². The van der Waals surface area contributed by atoms with Crippen molar-refractivity contribution in [2.45, 2.75) is 45.1 Å². The molecular formula is C19H24N4O3S. The Morgan fingerprint density at radius 2 is 2.11 bits per heavy atom. The summed E-state index contributed by atoms with van der Waals surface area (Å²) in [6.07, 6.45) is 5.23. The van der Waals surface area contributed by atoms with E-state index in [1.165, 1.54) is 6.42 Å². The lowest BCUT2D eigenvalue weighted by Crippen LogP contribution is -2.17. The van der Waals surface area contributed by atoms with E-state index in [0.29, 0.717) is 12.1 Å².